The highest BCUT2D eigenvalue weighted by molar-refractivity contribution is 7.89. The minimum absolute atomic E-state index is 0.0365. The van der Waals surface area contributed by atoms with E-state index < -0.39 is 10.0 Å². The second-order valence-electron chi connectivity index (χ2n) is 7.93. The standard InChI is InChI=1S/C25H26N2O3S/c1-26(2)31(29,30)22-14-15-24-21(18-22)16-17-27(24)25(28)23-11-7-6-10-20(23)13-12-19-8-4-3-5-9-19/h3-11,14-15,18H,12-13,16-17H2,1-2H3. The van der Waals surface area contributed by atoms with E-state index in [9.17, 15) is 13.2 Å². The van der Waals surface area contributed by atoms with Gasteiger partial charge in [-0.2, -0.15) is 0 Å². The molecule has 3 aromatic carbocycles. The first-order valence-electron chi connectivity index (χ1n) is 10.4. The molecular formula is C25H26N2O3S. The van der Waals surface area contributed by atoms with Crippen LogP contribution in [0.4, 0.5) is 5.69 Å². The molecule has 0 N–H and O–H groups in total. The lowest BCUT2D eigenvalue weighted by atomic mass is 9.99. The van der Waals surface area contributed by atoms with Crippen molar-refractivity contribution in [2.45, 2.75) is 24.2 Å². The molecule has 0 aliphatic carbocycles. The molecule has 0 radical (unpaired) electrons. The highest BCUT2D eigenvalue weighted by Crippen LogP contribution is 2.32. The molecule has 0 saturated carbocycles. The SMILES string of the molecule is CN(C)S(=O)(=O)c1ccc2c(c1)CCN2C(=O)c1ccccc1CCc1ccccc1. The summed E-state index contributed by atoms with van der Waals surface area (Å²) in [5.74, 6) is -0.0365. The van der Waals surface area contributed by atoms with Gasteiger partial charge in [-0.25, -0.2) is 12.7 Å². The minimum Gasteiger partial charge on any atom is -0.308 e. The summed E-state index contributed by atoms with van der Waals surface area (Å²) in [6.45, 7) is 0.548. The van der Waals surface area contributed by atoms with E-state index in [2.05, 4.69) is 12.1 Å². The molecule has 1 amide bonds. The number of nitrogens with zero attached hydrogens (tertiary/aromatic N) is 2. The van der Waals surface area contributed by atoms with Gasteiger partial charge in [-0.3, -0.25) is 4.79 Å². The average molecular weight is 435 g/mol. The molecule has 3 aromatic rings. The summed E-state index contributed by atoms with van der Waals surface area (Å²) in [5, 5.41) is 0. The number of amides is 1. The van der Waals surface area contributed by atoms with Crippen molar-refractivity contribution in [1.82, 2.24) is 4.31 Å². The Hall–Kier alpha value is -2.96. The number of carbonyl (C=O) groups excluding carboxylic acids is 1. The van der Waals surface area contributed by atoms with E-state index in [0.717, 1.165) is 29.7 Å². The number of aryl methyl sites for hydroxylation is 2. The van der Waals surface area contributed by atoms with Crippen molar-refractivity contribution in [2.75, 3.05) is 25.5 Å². The third kappa shape index (κ3) is 4.27. The molecule has 4 rings (SSSR count). The van der Waals surface area contributed by atoms with E-state index in [-0.39, 0.29) is 10.8 Å². The zero-order valence-electron chi connectivity index (χ0n) is 17.8. The molecule has 5 nitrogen and oxygen atoms in total. The monoisotopic (exact) mass is 434 g/mol. The Morgan fingerprint density at radius 1 is 0.935 bits per heavy atom. The first-order chi connectivity index (χ1) is 14.9. The maximum absolute atomic E-state index is 13.4. The van der Waals surface area contributed by atoms with Crippen molar-refractivity contribution in [3.8, 4) is 0 Å². The van der Waals surface area contributed by atoms with Gasteiger partial charge in [0.15, 0.2) is 0 Å². The lowest BCUT2D eigenvalue weighted by Crippen LogP contribution is -2.29. The largest absolute Gasteiger partial charge is 0.308 e. The maximum atomic E-state index is 13.4. The Bertz CT molecular complexity index is 1200. The zero-order chi connectivity index (χ0) is 22.0. The number of carbonyl (C=O) groups is 1. The summed E-state index contributed by atoms with van der Waals surface area (Å²) >= 11 is 0. The van der Waals surface area contributed by atoms with Crippen LogP contribution < -0.4 is 4.90 Å². The van der Waals surface area contributed by atoms with Crippen molar-refractivity contribution in [1.29, 1.82) is 0 Å². The molecule has 160 valence electrons. The van der Waals surface area contributed by atoms with Crippen LogP contribution in [0.25, 0.3) is 0 Å². The number of anilines is 1. The van der Waals surface area contributed by atoms with Gasteiger partial charge in [-0.05, 0) is 60.2 Å². The molecule has 0 spiro atoms. The normalized spacial score (nSPS) is 13.5. The van der Waals surface area contributed by atoms with Gasteiger partial charge in [-0.1, -0.05) is 48.5 Å². The van der Waals surface area contributed by atoms with Gasteiger partial charge in [0.1, 0.15) is 0 Å². The predicted molar refractivity (Wildman–Crippen MR) is 123 cm³/mol. The molecular weight excluding hydrogens is 408 g/mol. The van der Waals surface area contributed by atoms with Crippen LogP contribution in [0.3, 0.4) is 0 Å². The number of hydrogen-bond donors (Lipinski definition) is 0. The summed E-state index contributed by atoms with van der Waals surface area (Å²) < 4.78 is 26.1. The molecule has 31 heavy (non-hydrogen) atoms. The van der Waals surface area contributed by atoms with Crippen LogP contribution in [0.1, 0.15) is 27.0 Å². The predicted octanol–water partition coefficient (Wildman–Crippen LogP) is 3.93. The van der Waals surface area contributed by atoms with Gasteiger partial charge in [0.2, 0.25) is 10.0 Å². The first-order valence-corrected chi connectivity index (χ1v) is 11.8. The lowest BCUT2D eigenvalue weighted by molar-refractivity contribution is 0.0988. The smallest absolute Gasteiger partial charge is 0.258 e. The van der Waals surface area contributed by atoms with Gasteiger partial charge < -0.3 is 4.90 Å². The number of fused-ring (bicyclic) bond motifs is 1. The van der Waals surface area contributed by atoms with E-state index in [1.807, 2.05) is 42.5 Å². The quantitative estimate of drug-likeness (QED) is 0.591. The van der Waals surface area contributed by atoms with E-state index in [4.69, 9.17) is 0 Å². The van der Waals surface area contributed by atoms with E-state index >= 15 is 0 Å². The van der Waals surface area contributed by atoms with E-state index in [0.29, 0.717) is 18.5 Å². The van der Waals surface area contributed by atoms with Gasteiger partial charge in [0.05, 0.1) is 4.90 Å². The second-order valence-corrected chi connectivity index (χ2v) is 10.1. The molecule has 0 saturated heterocycles. The molecule has 1 heterocycles. The summed E-state index contributed by atoms with van der Waals surface area (Å²) in [5.41, 5.74) is 4.65. The van der Waals surface area contributed by atoms with Gasteiger partial charge in [-0.15, -0.1) is 0 Å². The van der Waals surface area contributed by atoms with Crippen molar-refractivity contribution in [2.24, 2.45) is 0 Å². The van der Waals surface area contributed by atoms with Crippen LogP contribution in [0.2, 0.25) is 0 Å². The second kappa shape index (κ2) is 8.65. The van der Waals surface area contributed by atoms with Crippen LogP contribution in [0.5, 0.6) is 0 Å². The molecule has 0 aromatic heterocycles. The fourth-order valence-corrected chi connectivity index (χ4v) is 4.93. The summed E-state index contributed by atoms with van der Waals surface area (Å²) in [6, 6.07) is 23.0. The topological polar surface area (TPSA) is 57.7 Å². The lowest BCUT2D eigenvalue weighted by Gasteiger charge is -2.20. The van der Waals surface area contributed by atoms with Crippen LogP contribution in [0.15, 0.2) is 77.7 Å². The van der Waals surface area contributed by atoms with Crippen LogP contribution >= 0.6 is 0 Å². The molecule has 6 heteroatoms. The Kier molecular flexibility index (Phi) is 5.94. The third-order valence-electron chi connectivity index (χ3n) is 5.74. The molecule has 0 fully saturated rings. The number of rotatable bonds is 6. The van der Waals surface area contributed by atoms with Crippen LogP contribution in [-0.4, -0.2) is 39.3 Å². The van der Waals surface area contributed by atoms with Crippen molar-refractivity contribution in [3.63, 3.8) is 0 Å². The van der Waals surface area contributed by atoms with Crippen molar-refractivity contribution in [3.05, 3.63) is 95.1 Å². The number of hydrogen-bond acceptors (Lipinski definition) is 3. The van der Waals surface area contributed by atoms with Crippen LogP contribution in [-0.2, 0) is 29.3 Å². The highest BCUT2D eigenvalue weighted by atomic mass is 32.2. The first kappa shape index (κ1) is 21.3. The van der Waals surface area contributed by atoms with Gasteiger partial charge in [0.25, 0.3) is 5.91 Å². The minimum atomic E-state index is -3.50. The summed E-state index contributed by atoms with van der Waals surface area (Å²) in [4.78, 5) is 15.5. The Labute approximate surface area is 184 Å². The van der Waals surface area contributed by atoms with Gasteiger partial charge in [0, 0.05) is 31.9 Å². The number of sulfonamides is 1. The third-order valence-corrected chi connectivity index (χ3v) is 7.55. The van der Waals surface area contributed by atoms with Crippen molar-refractivity contribution < 1.29 is 13.2 Å². The Morgan fingerprint density at radius 2 is 1.65 bits per heavy atom. The van der Waals surface area contributed by atoms with Crippen LogP contribution in [0, 0.1) is 0 Å². The van der Waals surface area contributed by atoms with E-state index in [1.165, 1.54) is 24.0 Å². The maximum Gasteiger partial charge on any atom is 0.258 e. The average Bonchev–Trinajstić information content (AvgIpc) is 3.21. The summed E-state index contributed by atoms with van der Waals surface area (Å²) in [6.07, 6.45) is 2.30. The Balaban J connectivity index is 1.58. The molecule has 0 unspecified atom stereocenters. The van der Waals surface area contributed by atoms with Crippen molar-refractivity contribution >= 4 is 21.6 Å². The molecule has 0 atom stereocenters. The fourth-order valence-electron chi connectivity index (χ4n) is 3.98. The molecule has 1 aliphatic heterocycles. The molecule has 0 bridgehead atoms. The highest BCUT2D eigenvalue weighted by Gasteiger charge is 2.28. The van der Waals surface area contributed by atoms with E-state index in [1.54, 1.807) is 23.1 Å². The van der Waals surface area contributed by atoms with Gasteiger partial charge >= 0.3 is 0 Å². The summed E-state index contributed by atoms with van der Waals surface area (Å²) in [7, 11) is -0.462. The fraction of sp³-hybridized carbons (Fsp3) is 0.240. The number of benzene rings is 3. The zero-order valence-corrected chi connectivity index (χ0v) is 18.6. The molecule has 1 aliphatic rings. The Morgan fingerprint density at radius 3 is 2.39 bits per heavy atom.